The van der Waals surface area contributed by atoms with Crippen LogP contribution in [-0.2, 0) is 11.2 Å². The predicted octanol–water partition coefficient (Wildman–Crippen LogP) is 1.17. The van der Waals surface area contributed by atoms with Crippen molar-refractivity contribution in [1.82, 2.24) is 10.2 Å². The van der Waals surface area contributed by atoms with Gasteiger partial charge in [0.25, 0.3) is 6.47 Å². The number of rotatable bonds is 0. The van der Waals surface area contributed by atoms with E-state index in [1.54, 1.807) is 0 Å². The van der Waals surface area contributed by atoms with Crippen LogP contribution in [0.1, 0.15) is 11.3 Å². The number of carbonyl (C=O) groups is 1. The first-order valence-corrected chi connectivity index (χ1v) is 3.89. The molecule has 0 fully saturated rings. The van der Waals surface area contributed by atoms with Crippen molar-refractivity contribution in [2.45, 2.75) is 6.42 Å². The van der Waals surface area contributed by atoms with E-state index in [0.717, 1.165) is 11.9 Å². The number of H-pyrrole nitrogens is 1. The van der Waals surface area contributed by atoms with E-state index in [9.17, 15) is 0 Å². The third-order valence-electron chi connectivity index (χ3n) is 2.08. The number of nitrogens with one attached hydrogen (secondary N) is 1. The molecule has 0 spiro atoms. The van der Waals surface area contributed by atoms with E-state index in [2.05, 4.69) is 28.4 Å². The highest BCUT2D eigenvalue weighted by molar-refractivity contribution is 5.84. The first-order valence-electron chi connectivity index (χ1n) is 3.89. The molecule has 2 aromatic rings. The third kappa shape index (κ3) is 1.16. The van der Waals surface area contributed by atoms with Crippen molar-refractivity contribution in [3.05, 3.63) is 29.5 Å². The van der Waals surface area contributed by atoms with Crippen LogP contribution in [0.4, 0.5) is 0 Å². The van der Waals surface area contributed by atoms with E-state index in [1.807, 2.05) is 0 Å². The van der Waals surface area contributed by atoms with Crippen molar-refractivity contribution in [2.24, 2.45) is 0 Å². The van der Waals surface area contributed by atoms with Crippen molar-refractivity contribution >= 4 is 17.4 Å². The normalized spacial score (nSPS) is 11.4. The summed E-state index contributed by atoms with van der Waals surface area (Å²) < 4.78 is 0. The molecule has 1 aromatic carbocycles. The fourth-order valence-corrected chi connectivity index (χ4v) is 1.56. The molecule has 13 heavy (non-hydrogen) atoms. The van der Waals surface area contributed by atoms with E-state index < -0.39 is 0 Å². The molecule has 0 unspecified atom stereocenters. The lowest BCUT2D eigenvalue weighted by Crippen LogP contribution is -1.92. The molecule has 0 saturated carbocycles. The standard InChI is InChI=1S/C8H6N2.CH2O2/c1-2-6-7-3-5(1)4-8(6)10-9-7;2-1-3/h1-3H,4H2,(H,9,10);1H,(H,2,3). The molecule has 0 amide bonds. The number of hydrogen-bond acceptors (Lipinski definition) is 2. The van der Waals surface area contributed by atoms with Crippen molar-refractivity contribution in [2.75, 3.05) is 0 Å². The smallest absolute Gasteiger partial charge is 0.290 e. The Kier molecular flexibility index (Phi) is 1.73. The molecular weight excluding hydrogens is 168 g/mol. The summed E-state index contributed by atoms with van der Waals surface area (Å²) in [6.45, 7) is -0.250. The van der Waals surface area contributed by atoms with Gasteiger partial charge < -0.3 is 5.11 Å². The molecule has 0 saturated heterocycles. The van der Waals surface area contributed by atoms with Crippen LogP contribution < -0.4 is 0 Å². The van der Waals surface area contributed by atoms with Crippen LogP contribution in [0, 0.1) is 0 Å². The maximum Gasteiger partial charge on any atom is 0.290 e. The maximum absolute atomic E-state index is 8.36. The maximum atomic E-state index is 8.36. The summed E-state index contributed by atoms with van der Waals surface area (Å²) in [6, 6.07) is 6.43. The van der Waals surface area contributed by atoms with Gasteiger partial charge >= 0.3 is 0 Å². The first-order chi connectivity index (χ1) is 6.35. The summed E-state index contributed by atoms with van der Waals surface area (Å²) in [4.78, 5) is 8.36. The number of aromatic nitrogens is 2. The van der Waals surface area contributed by atoms with Gasteiger partial charge in [0.1, 0.15) is 0 Å². The van der Waals surface area contributed by atoms with Gasteiger partial charge in [-0.3, -0.25) is 9.89 Å². The Balaban J connectivity index is 0.000000196. The van der Waals surface area contributed by atoms with Gasteiger partial charge in [-0.05, 0) is 11.6 Å². The van der Waals surface area contributed by atoms with Gasteiger partial charge in [0.05, 0.1) is 5.52 Å². The van der Waals surface area contributed by atoms with E-state index in [1.165, 1.54) is 16.6 Å². The van der Waals surface area contributed by atoms with E-state index in [4.69, 9.17) is 9.90 Å². The zero-order valence-electron chi connectivity index (χ0n) is 6.82. The Labute approximate surface area is 74.2 Å². The average Bonchev–Trinajstić information content (AvgIpc) is 2.44. The highest BCUT2D eigenvalue weighted by atomic mass is 16.3. The second-order valence-corrected chi connectivity index (χ2v) is 2.84. The van der Waals surface area contributed by atoms with Crippen LogP contribution in [0.5, 0.6) is 0 Å². The quantitative estimate of drug-likeness (QED) is 0.505. The number of carboxylic acid groups (broad SMARTS) is 1. The van der Waals surface area contributed by atoms with Gasteiger partial charge in [-0.2, -0.15) is 5.10 Å². The molecule has 2 aliphatic carbocycles. The molecule has 2 N–H and O–H groups in total. The summed E-state index contributed by atoms with van der Waals surface area (Å²) in [5.74, 6) is 0. The monoisotopic (exact) mass is 176 g/mol. The summed E-state index contributed by atoms with van der Waals surface area (Å²) in [6.07, 6.45) is 1.04. The first kappa shape index (κ1) is 7.79. The van der Waals surface area contributed by atoms with E-state index in [0.29, 0.717) is 0 Å². The topological polar surface area (TPSA) is 66.0 Å². The predicted molar refractivity (Wildman–Crippen MR) is 47.6 cm³/mol. The Morgan fingerprint density at radius 1 is 1.54 bits per heavy atom. The number of hydrogen-bond donors (Lipinski definition) is 2. The van der Waals surface area contributed by atoms with Gasteiger partial charge in [0, 0.05) is 17.5 Å². The second kappa shape index (κ2) is 2.90. The van der Waals surface area contributed by atoms with Crippen LogP contribution >= 0.6 is 0 Å². The molecule has 1 heterocycles. The zero-order valence-corrected chi connectivity index (χ0v) is 6.82. The van der Waals surface area contributed by atoms with Crippen LogP contribution in [-0.4, -0.2) is 21.8 Å². The summed E-state index contributed by atoms with van der Waals surface area (Å²) in [5.41, 5.74) is 3.75. The molecule has 0 radical (unpaired) electrons. The van der Waals surface area contributed by atoms with Gasteiger partial charge in [-0.15, -0.1) is 0 Å². The SMILES string of the molecule is O=CO.c1cc2c3[nH]nc2cc1C3. The Hall–Kier alpha value is -1.84. The second-order valence-electron chi connectivity index (χ2n) is 2.84. The van der Waals surface area contributed by atoms with Crippen molar-refractivity contribution in [3.8, 4) is 0 Å². The van der Waals surface area contributed by atoms with Crippen LogP contribution in [0.25, 0.3) is 10.9 Å². The lowest BCUT2D eigenvalue weighted by Gasteiger charge is -2.05. The third-order valence-corrected chi connectivity index (χ3v) is 2.08. The summed E-state index contributed by atoms with van der Waals surface area (Å²) >= 11 is 0. The Morgan fingerprint density at radius 2 is 2.31 bits per heavy atom. The van der Waals surface area contributed by atoms with Crippen molar-refractivity contribution in [3.63, 3.8) is 0 Å². The molecular formula is C9H8N2O2. The minimum Gasteiger partial charge on any atom is -0.483 e. The van der Waals surface area contributed by atoms with Crippen LogP contribution in [0.15, 0.2) is 18.2 Å². The molecule has 4 nitrogen and oxygen atoms in total. The van der Waals surface area contributed by atoms with Crippen LogP contribution in [0.3, 0.4) is 0 Å². The van der Waals surface area contributed by atoms with Crippen LogP contribution in [0.2, 0.25) is 0 Å². The van der Waals surface area contributed by atoms with Gasteiger partial charge in [0.2, 0.25) is 0 Å². The molecule has 4 bridgehead atoms. The minimum atomic E-state index is -0.250. The Bertz CT molecular complexity index is 448. The largest absolute Gasteiger partial charge is 0.483 e. The molecule has 1 aromatic heterocycles. The molecule has 4 heteroatoms. The van der Waals surface area contributed by atoms with Gasteiger partial charge in [-0.1, -0.05) is 12.1 Å². The minimum absolute atomic E-state index is 0.250. The lowest BCUT2D eigenvalue weighted by molar-refractivity contribution is -0.122. The zero-order chi connectivity index (χ0) is 9.26. The van der Waals surface area contributed by atoms with Gasteiger partial charge in [0.15, 0.2) is 0 Å². The average molecular weight is 176 g/mol. The fraction of sp³-hybridized carbons (Fsp3) is 0.111. The number of nitrogens with zero attached hydrogens (tertiary/aromatic N) is 1. The number of benzene rings is 1. The molecule has 4 rings (SSSR count). The molecule has 0 atom stereocenters. The van der Waals surface area contributed by atoms with E-state index >= 15 is 0 Å². The van der Waals surface area contributed by atoms with Gasteiger partial charge in [-0.25, -0.2) is 0 Å². The van der Waals surface area contributed by atoms with E-state index in [-0.39, 0.29) is 6.47 Å². The highest BCUT2D eigenvalue weighted by Gasteiger charge is 2.12. The molecule has 0 aliphatic heterocycles. The summed E-state index contributed by atoms with van der Waals surface area (Å²) in [7, 11) is 0. The summed E-state index contributed by atoms with van der Waals surface area (Å²) in [5, 5.41) is 15.3. The molecule has 2 aliphatic rings. The van der Waals surface area contributed by atoms with Crippen molar-refractivity contribution in [1.29, 1.82) is 0 Å². The Morgan fingerprint density at radius 3 is 2.85 bits per heavy atom. The molecule has 66 valence electrons. The van der Waals surface area contributed by atoms with Crippen molar-refractivity contribution < 1.29 is 9.90 Å². The number of fused-ring (bicyclic) bond motifs is 1. The highest BCUT2D eigenvalue weighted by Crippen LogP contribution is 2.25. The lowest BCUT2D eigenvalue weighted by atomic mass is 9.99. The fourth-order valence-electron chi connectivity index (χ4n) is 1.56. The number of aromatic amines is 1.